The summed E-state index contributed by atoms with van der Waals surface area (Å²) in [6.45, 7) is 4.07. The number of fused-ring (bicyclic) bond motifs is 2. The summed E-state index contributed by atoms with van der Waals surface area (Å²) in [5, 5.41) is 4.12. The first-order valence-corrected chi connectivity index (χ1v) is 8.72. The molecule has 0 aromatic carbocycles. The van der Waals surface area contributed by atoms with E-state index in [1.165, 1.54) is 19.2 Å². The van der Waals surface area contributed by atoms with Crippen molar-refractivity contribution in [1.82, 2.24) is 24.4 Å². The van der Waals surface area contributed by atoms with E-state index in [1.807, 2.05) is 17.0 Å². The van der Waals surface area contributed by atoms with Crippen molar-refractivity contribution in [2.75, 3.05) is 32.8 Å². The van der Waals surface area contributed by atoms with E-state index < -0.39 is 0 Å². The van der Waals surface area contributed by atoms with Crippen LogP contribution >= 0.6 is 0 Å². The first-order valence-electron chi connectivity index (χ1n) is 8.72. The predicted molar refractivity (Wildman–Crippen MR) is 86.7 cm³/mol. The third-order valence-electron chi connectivity index (χ3n) is 5.53. The molecule has 0 radical (unpaired) electrons. The molecule has 4 heterocycles. The Kier molecular flexibility index (Phi) is 3.31. The van der Waals surface area contributed by atoms with Gasteiger partial charge in [-0.3, -0.25) is 9.69 Å². The van der Waals surface area contributed by atoms with Crippen LogP contribution in [0.1, 0.15) is 23.2 Å². The number of morpholine rings is 1. The number of pyridine rings is 1. The number of rotatable bonds is 2. The van der Waals surface area contributed by atoms with E-state index in [9.17, 15) is 4.79 Å². The lowest BCUT2D eigenvalue weighted by Gasteiger charge is -2.48. The molecule has 2 aliphatic heterocycles. The van der Waals surface area contributed by atoms with Crippen molar-refractivity contribution in [3.8, 4) is 0 Å². The highest BCUT2D eigenvalue weighted by Gasteiger charge is 2.43. The van der Waals surface area contributed by atoms with Gasteiger partial charge in [-0.2, -0.15) is 5.10 Å². The second-order valence-electron chi connectivity index (χ2n) is 7.07. The molecule has 0 spiro atoms. The maximum absolute atomic E-state index is 12.9. The van der Waals surface area contributed by atoms with Gasteiger partial charge in [0.05, 0.1) is 24.8 Å². The third kappa shape index (κ3) is 2.39. The first kappa shape index (κ1) is 14.4. The number of piperazine rings is 1. The summed E-state index contributed by atoms with van der Waals surface area (Å²) in [4.78, 5) is 21.5. The fraction of sp³-hybridized carbons (Fsp3) is 0.588. The van der Waals surface area contributed by atoms with Crippen molar-refractivity contribution in [2.45, 2.75) is 24.9 Å². The van der Waals surface area contributed by atoms with Crippen molar-refractivity contribution in [2.24, 2.45) is 5.92 Å². The van der Waals surface area contributed by atoms with Crippen LogP contribution < -0.4 is 0 Å². The Morgan fingerprint density at radius 3 is 3.00 bits per heavy atom. The fourth-order valence-corrected chi connectivity index (χ4v) is 4.07. The van der Waals surface area contributed by atoms with Crippen molar-refractivity contribution in [3.05, 3.63) is 30.2 Å². The highest BCUT2D eigenvalue weighted by Crippen LogP contribution is 2.38. The van der Waals surface area contributed by atoms with Crippen LogP contribution in [0.5, 0.6) is 0 Å². The van der Waals surface area contributed by atoms with Crippen LogP contribution in [0.3, 0.4) is 0 Å². The van der Waals surface area contributed by atoms with E-state index in [-0.39, 0.29) is 5.91 Å². The van der Waals surface area contributed by atoms with Gasteiger partial charge in [-0.25, -0.2) is 9.50 Å². The third-order valence-corrected chi connectivity index (χ3v) is 5.53. The lowest BCUT2D eigenvalue weighted by molar-refractivity contribution is -0.0816. The van der Waals surface area contributed by atoms with Crippen LogP contribution in [0.15, 0.2) is 24.7 Å². The summed E-state index contributed by atoms with van der Waals surface area (Å²) >= 11 is 0. The number of carbonyl (C=O) groups is 1. The molecule has 2 saturated heterocycles. The smallest absolute Gasteiger partial charge is 0.255 e. The van der Waals surface area contributed by atoms with Crippen molar-refractivity contribution >= 4 is 11.6 Å². The van der Waals surface area contributed by atoms with Crippen LogP contribution in [0, 0.1) is 5.92 Å². The summed E-state index contributed by atoms with van der Waals surface area (Å²) in [6, 6.07) is 4.57. The van der Waals surface area contributed by atoms with Crippen LogP contribution in [-0.2, 0) is 4.74 Å². The molecule has 5 rings (SSSR count). The van der Waals surface area contributed by atoms with Gasteiger partial charge >= 0.3 is 0 Å². The molecule has 3 aliphatic rings. The minimum Gasteiger partial charge on any atom is -0.378 e. The standard InChI is InChI=1S/C17H21N5O2/c23-17(13-3-4-16-18-11-19-22(16)7-13)20-5-6-21-14(8-20)9-24-10-15(21)12-1-2-12/h3-4,7,11-12,14-15H,1-2,5-6,8-10H2/t14-,15-/m1/s1. The molecule has 0 bridgehead atoms. The van der Waals surface area contributed by atoms with Crippen molar-refractivity contribution in [3.63, 3.8) is 0 Å². The number of carbonyl (C=O) groups excluding carboxylic acids is 1. The molecule has 3 fully saturated rings. The topological polar surface area (TPSA) is 63.0 Å². The van der Waals surface area contributed by atoms with Gasteiger partial charge in [0.2, 0.25) is 0 Å². The van der Waals surface area contributed by atoms with E-state index in [1.54, 1.807) is 10.7 Å². The van der Waals surface area contributed by atoms with Gasteiger partial charge in [0.1, 0.15) is 6.33 Å². The van der Waals surface area contributed by atoms with Crippen molar-refractivity contribution < 1.29 is 9.53 Å². The average molecular weight is 327 g/mol. The highest BCUT2D eigenvalue weighted by atomic mass is 16.5. The molecule has 1 saturated carbocycles. The van der Waals surface area contributed by atoms with Gasteiger partial charge in [0.15, 0.2) is 5.65 Å². The van der Waals surface area contributed by atoms with Gasteiger partial charge < -0.3 is 9.64 Å². The minimum absolute atomic E-state index is 0.0700. The Morgan fingerprint density at radius 2 is 2.12 bits per heavy atom. The van der Waals surface area contributed by atoms with Gasteiger partial charge in [0, 0.05) is 31.9 Å². The summed E-state index contributed by atoms with van der Waals surface area (Å²) in [6.07, 6.45) is 5.93. The zero-order chi connectivity index (χ0) is 16.1. The van der Waals surface area contributed by atoms with Crippen LogP contribution in [0.2, 0.25) is 0 Å². The van der Waals surface area contributed by atoms with E-state index in [0.29, 0.717) is 17.6 Å². The molecule has 1 amide bonds. The van der Waals surface area contributed by atoms with E-state index in [0.717, 1.165) is 44.4 Å². The van der Waals surface area contributed by atoms with Crippen LogP contribution in [0.4, 0.5) is 0 Å². The zero-order valence-corrected chi connectivity index (χ0v) is 13.5. The molecule has 7 nitrogen and oxygen atoms in total. The Hall–Kier alpha value is -1.99. The van der Waals surface area contributed by atoms with E-state index in [4.69, 9.17) is 4.74 Å². The number of hydrogen-bond donors (Lipinski definition) is 0. The second-order valence-corrected chi connectivity index (χ2v) is 7.07. The quantitative estimate of drug-likeness (QED) is 0.811. The maximum Gasteiger partial charge on any atom is 0.255 e. The first-order chi connectivity index (χ1) is 11.8. The maximum atomic E-state index is 12.9. The number of hydrogen-bond acceptors (Lipinski definition) is 5. The summed E-state index contributed by atoms with van der Waals surface area (Å²) in [5.41, 5.74) is 1.42. The lowest BCUT2D eigenvalue weighted by atomic mass is 10.0. The molecule has 0 unspecified atom stereocenters. The normalized spacial score (nSPS) is 28.1. The Balaban J connectivity index is 1.33. The Bertz CT molecular complexity index is 771. The van der Waals surface area contributed by atoms with E-state index in [2.05, 4.69) is 15.0 Å². The molecule has 2 aromatic rings. The lowest BCUT2D eigenvalue weighted by Crippen LogP contribution is -2.63. The van der Waals surface area contributed by atoms with Gasteiger partial charge in [0.25, 0.3) is 5.91 Å². The number of amides is 1. The second kappa shape index (κ2) is 5.53. The number of nitrogens with zero attached hydrogens (tertiary/aromatic N) is 5. The van der Waals surface area contributed by atoms with Gasteiger partial charge in [-0.05, 0) is 30.9 Å². The Morgan fingerprint density at radius 1 is 1.21 bits per heavy atom. The fourth-order valence-electron chi connectivity index (χ4n) is 4.07. The highest BCUT2D eigenvalue weighted by molar-refractivity contribution is 5.94. The predicted octanol–water partition coefficient (Wildman–Crippen LogP) is 0.664. The van der Waals surface area contributed by atoms with Crippen molar-refractivity contribution in [1.29, 1.82) is 0 Å². The molecule has 1 aliphatic carbocycles. The van der Waals surface area contributed by atoms with Crippen LogP contribution in [0.25, 0.3) is 5.65 Å². The molecule has 7 heteroatoms. The summed E-state index contributed by atoms with van der Waals surface area (Å²) in [7, 11) is 0. The largest absolute Gasteiger partial charge is 0.378 e. The molecule has 126 valence electrons. The molecule has 2 aromatic heterocycles. The molecule has 24 heavy (non-hydrogen) atoms. The van der Waals surface area contributed by atoms with Gasteiger partial charge in [-0.1, -0.05) is 0 Å². The monoisotopic (exact) mass is 327 g/mol. The molecular weight excluding hydrogens is 306 g/mol. The SMILES string of the molecule is O=C(c1ccc2ncnn2c1)N1CCN2[C@@H](COC[C@@H]2C2CC2)C1. The average Bonchev–Trinajstić information content (AvgIpc) is 3.36. The summed E-state index contributed by atoms with van der Waals surface area (Å²) < 4.78 is 7.48. The Labute approximate surface area is 140 Å². The van der Waals surface area contributed by atoms with E-state index >= 15 is 0 Å². The summed E-state index contributed by atoms with van der Waals surface area (Å²) in [5.74, 6) is 0.880. The number of ether oxygens (including phenoxy) is 1. The molecule has 0 N–H and O–H groups in total. The van der Waals surface area contributed by atoms with Gasteiger partial charge in [-0.15, -0.1) is 0 Å². The molecular formula is C17H21N5O2. The zero-order valence-electron chi connectivity index (χ0n) is 13.5. The minimum atomic E-state index is 0.0700. The van der Waals surface area contributed by atoms with Crippen LogP contribution in [-0.4, -0.2) is 75.2 Å². The number of aromatic nitrogens is 3. The molecule has 2 atom stereocenters.